The molecule has 0 fully saturated rings. The number of aromatic nitrogens is 2. The molecule has 0 N–H and O–H groups in total. The fourth-order valence-electron chi connectivity index (χ4n) is 4.58. The molecule has 0 radical (unpaired) electrons. The number of hydrogen-bond donors (Lipinski definition) is 0. The van der Waals surface area contributed by atoms with Crippen LogP contribution in [0.3, 0.4) is 0 Å². The monoisotopic (exact) mass is 490 g/mol. The molecule has 0 unspecified atom stereocenters. The van der Waals surface area contributed by atoms with Crippen molar-refractivity contribution in [1.82, 2.24) is 14.0 Å². The first kappa shape index (κ1) is 19.9. The van der Waals surface area contributed by atoms with Crippen LogP contribution in [0.2, 0.25) is 0 Å². The first-order chi connectivity index (χ1) is 16.1. The summed E-state index contributed by atoms with van der Waals surface area (Å²) in [6.07, 6.45) is 2.09. The van der Waals surface area contributed by atoms with E-state index < -0.39 is 0 Å². The lowest BCUT2D eigenvalue weighted by atomic mass is 10.1. The molecule has 0 atom stereocenters. The summed E-state index contributed by atoms with van der Waals surface area (Å²) >= 11 is 3.86. The molecule has 3 nitrogen and oxygen atoms in total. The van der Waals surface area contributed by atoms with Gasteiger partial charge in [-0.15, -0.1) is 0 Å². The largest absolute Gasteiger partial charge is 0.319 e. The third-order valence-electron chi connectivity index (χ3n) is 6.28. The summed E-state index contributed by atoms with van der Waals surface area (Å²) in [5, 5.41) is 4.62. The molecule has 0 saturated heterocycles. The van der Waals surface area contributed by atoms with Gasteiger partial charge < -0.3 is 0 Å². The third-order valence-corrected chi connectivity index (χ3v) is 7.11. The van der Waals surface area contributed by atoms with E-state index in [-0.39, 0.29) is 0 Å². The zero-order valence-corrected chi connectivity index (χ0v) is 19.8. The van der Waals surface area contributed by atoms with E-state index in [1.807, 2.05) is 4.58 Å². The number of benzene rings is 4. The van der Waals surface area contributed by atoms with Crippen molar-refractivity contribution in [1.29, 1.82) is 0 Å². The second-order valence-electron chi connectivity index (χ2n) is 8.24. The number of hydrogen-bond acceptors (Lipinski definition) is 1. The molecular weight excluding hydrogens is 470 g/mol. The van der Waals surface area contributed by atoms with Crippen molar-refractivity contribution in [2.75, 3.05) is 0 Å². The summed E-state index contributed by atoms with van der Waals surface area (Å²) in [6.45, 7) is 6.63. The molecule has 158 valence electrons. The van der Waals surface area contributed by atoms with Crippen LogP contribution >= 0.6 is 15.9 Å². The third kappa shape index (κ3) is 3.10. The normalized spacial score (nSPS) is 11.5. The Labute approximate surface area is 200 Å². The number of imidazole rings is 1. The molecule has 2 heterocycles. The zero-order chi connectivity index (χ0) is 22.5. The number of fused-ring (bicyclic) bond motifs is 4. The van der Waals surface area contributed by atoms with Gasteiger partial charge in [0.05, 0.1) is 17.4 Å². The first-order valence-corrected chi connectivity index (χ1v) is 11.7. The van der Waals surface area contributed by atoms with E-state index in [0.29, 0.717) is 0 Å². The SMILES string of the molecule is C=[N+](c1ccc2ccccc2c1Br)c1c(-c2ccccc2C)nc2c3ccccc3ccn12. The van der Waals surface area contributed by atoms with E-state index in [9.17, 15) is 0 Å². The van der Waals surface area contributed by atoms with Gasteiger partial charge in [0.1, 0.15) is 5.69 Å². The van der Waals surface area contributed by atoms with E-state index in [0.717, 1.165) is 43.7 Å². The summed E-state index contributed by atoms with van der Waals surface area (Å²) in [5.74, 6) is 0.932. The van der Waals surface area contributed by atoms with Crippen LogP contribution in [0.5, 0.6) is 0 Å². The molecule has 6 rings (SSSR count). The van der Waals surface area contributed by atoms with Gasteiger partial charge in [-0.2, -0.15) is 9.38 Å². The Morgan fingerprint density at radius 2 is 1.45 bits per heavy atom. The fraction of sp³-hybridized carbons (Fsp3) is 0.0345. The number of pyridine rings is 1. The Bertz CT molecular complexity index is 1710. The molecule has 0 amide bonds. The van der Waals surface area contributed by atoms with Crippen LogP contribution < -0.4 is 4.58 Å². The minimum atomic E-state index is 0.916. The highest BCUT2D eigenvalue weighted by Crippen LogP contribution is 2.40. The Morgan fingerprint density at radius 1 is 0.788 bits per heavy atom. The van der Waals surface area contributed by atoms with Crippen molar-refractivity contribution >= 4 is 61.3 Å². The number of halogens is 1. The highest BCUT2D eigenvalue weighted by Gasteiger charge is 2.28. The van der Waals surface area contributed by atoms with Crippen LogP contribution in [0.25, 0.3) is 38.4 Å². The Morgan fingerprint density at radius 3 is 2.24 bits per heavy atom. The maximum atomic E-state index is 5.18. The predicted octanol–water partition coefficient (Wildman–Crippen LogP) is 7.91. The lowest BCUT2D eigenvalue weighted by molar-refractivity contribution is 1.01. The van der Waals surface area contributed by atoms with E-state index in [1.165, 1.54) is 16.3 Å². The topological polar surface area (TPSA) is 20.3 Å². The van der Waals surface area contributed by atoms with Crippen LogP contribution in [0.4, 0.5) is 11.5 Å². The van der Waals surface area contributed by atoms with E-state index in [1.54, 1.807) is 0 Å². The molecule has 0 bridgehead atoms. The number of nitrogens with zero attached hydrogens (tertiary/aromatic N) is 3. The van der Waals surface area contributed by atoms with Gasteiger partial charge in [0.15, 0.2) is 5.69 Å². The van der Waals surface area contributed by atoms with Gasteiger partial charge in [-0.1, -0.05) is 72.8 Å². The minimum Gasteiger partial charge on any atom is -0.203 e. The quantitative estimate of drug-likeness (QED) is 0.182. The lowest BCUT2D eigenvalue weighted by Gasteiger charge is -2.10. The first-order valence-electron chi connectivity index (χ1n) is 10.9. The summed E-state index contributed by atoms with van der Waals surface area (Å²) < 4.78 is 5.16. The van der Waals surface area contributed by atoms with Crippen molar-refractivity contribution in [3.05, 3.63) is 107 Å². The van der Waals surface area contributed by atoms with Crippen LogP contribution in [0, 0.1) is 6.92 Å². The predicted molar refractivity (Wildman–Crippen MR) is 143 cm³/mol. The second kappa shape index (κ2) is 7.68. The van der Waals surface area contributed by atoms with Crippen molar-refractivity contribution in [3.8, 4) is 11.3 Å². The molecule has 6 aromatic rings. The fourth-order valence-corrected chi connectivity index (χ4v) is 5.29. The summed E-state index contributed by atoms with van der Waals surface area (Å²) in [4.78, 5) is 5.18. The van der Waals surface area contributed by atoms with Crippen LogP contribution in [-0.2, 0) is 0 Å². The number of aryl methyl sites for hydroxylation is 1. The van der Waals surface area contributed by atoms with Gasteiger partial charge in [0, 0.05) is 16.3 Å². The highest BCUT2D eigenvalue weighted by atomic mass is 79.9. The van der Waals surface area contributed by atoms with Crippen molar-refractivity contribution in [2.45, 2.75) is 6.92 Å². The molecule has 0 spiro atoms. The Hall–Kier alpha value is -3.76. The van der Waals surface area contributed by atoms with Gasteiger partial charge in [-0.25, -0.2) is 4.58 Å². The Balaban J connectivity index is 1.69. The molecule has 4 heteroatoms. The molecule has 0 aliphatic carbocycles. The minimum absolute atomic E-state index is 0.916. The van der Waals surface area contributed by atoms with Crippen LogP contribution in [0.1, 0.15) is 5.56 Å². The molecule has 0 aliphatic rings. The highest BCUT2D eigenvalue weighted by molar-refractivity contribution is 9.10. The molecule has 0 aliphatic heterocycles. The number of rotatable bonds is 3. The smallest absolute Gasteiger partial charge is 0.203 e. The van der Waals surface area contributed by atoms with Gasteiger partial charge in [-0.05, 0) is 57.4 Å². The van der Waals surface area contributed by atoms with Gasteiger partial charge in [-0.3, -0.25) is 0 Å². The van der Waals surface area contributed by atoms with Gasteiger partial charge >= 0.3 is 5.82 Å². The lowest BCUT2D eigenvalue weighted by Crippen LogP contribution is -2.06. The van der Waals surface area contributed by atoms with Gasteiger partial charge in [0.2, 0.25) is 5.65 Å². The summed E-state index contributed by atoms with van der Waals surface area (Å²) in [7, 11) is 0. The van der Waals surface area contributed by atoms with Gasteiger partial charge in [0.25, 0.3) is 0 Å². The molecule has 4 aromatic carbocycles. The van der Waals surface area contributed by atoms with Crippen molar-refractivity contribution < 1.29 is 0 Å². The van der Waals surface area contributed by atoms with Crippen molar-refractivity contribution in [3.63, 3.8) is 0 Å². The molecule has 0 saturated carbocycles. The maximum absolute atomic E-state index is 5.18. The summed E-state index contributed by atoms with van der Waals surface area (Å²) in [6, 6.07) is 31.5. The van der Waals surface area contributed by atoms with E-state index >= 15 is 0 Å². The average molecular weight is 491 g/mol. The van der Waals surface area contributed by atoms with E-state index in [4.69, 9.17) is 4.98 Å². The molecular formula is C29H21BrN3+. The zero-order valence-electron chi connectivity index (χ0n) is 18.2. The van der Waals surface area contributed by atoms with Crippen LogP contribution in [0.15, 0.2) is 102 Å². The molecule has 2 aromatic heterocycles. The molecule has 33 heavy (non-hydrogen) atoms. The average Bonchev–Trinajstić information content (AvgIpc) is 3.24. The van der Waals surface area contributed by atoms with E-state index in [2.05, 4.69) is 131 Å². The second-order valence-corrected chi connectivity index (χ2v) is 9.04. The van der Waals surface area contributed by atoms with Crippen LogP contribution in [-0.4, -0.2) is 16.1 Å². The maximum Gasteiger partial charge on any atom is 0.319 e. The van der Waals surface area contributed by atoms with Crippen molar-refractivity contribution in [2.24, 2.45) is 0 Å². The Kier molecular flexibility index (Phi) is 4.63. The summed E-state index contributed by atoms with van der Waals surface area (Å²) in [5.41, 5.74) is 5.10. The standard InChI is InChI=1S/C29H21BrN3/c1-19-9-3-6-12-22(19)27-29(33-18-17-21-11-5-8-14-24(21)28(33)31-27)32(2)25-16-15-20-10-4-7-13-23(20)26(25)30/h3-18H,2H2,1H3/q+1.